The lowest BCUT2D eigenvalue weighted by atomic mass is 10.0. The second kappa shape index (κ2) is 40.7. The molecule has 0 unspecified atom stereocenters. The van der Waals surface area contributed by atoms with E-state index in [2.05, 4.69) is 13.8 Å². The van der Waals surface area contributed by atoms with Gasteiger partial charge in [0.15, 0.2) is 0 Å². The molecule has 0 radical (unpaired) electrons. The molecule has 0 N–H and O–H groups in total. The van der Waals surface area contributed by atoms with Gasteiger partial charge in [0, 0.05) is 12.8 Å². The molecule has 1 nitrogen and oxygen atoms in total. The second-order valence-corrected chi connectivity index (χ2v) is 14.8. The SMILES string of the molecule is CCCCCCCCCCCCCCCCCCCCCCCCCCCCC(=O)CCCCCCCCCCCCCC. The molecule has 0 heterocycles. The van der Waals surface area contributed by atoms with Crippen LogP contribution in [0.5, 0.6) is 0 Å². The number of carbonyl (C=O) groups is 1. The van der Waals surface area contributed by atoms with Gasteiger partial charge in [-0.15, -0.1) is 0 Å². The van der Waals surface area contributed by atoms with Crippen molar-refractivity contribution in [3.05, 3.63) is 0 Å². The molecule has 0 aliphatic carbocycles. The van der Waals surface area contributed by atoms with E-state index in [1.165, 1.54) is 231 Å². The predicted octanol–water partition coefficient (Wildman–Crippen LogP) is 16.2. The van der Waals surface area contributed by atoms with Gasteiger partial charge in [-0.1, -0.05) is 245 Å². The summed E-state index contributed by atoms with van der Waals surface area (Å²) in [6, 6.07) is 0. The normalized spacial score (nSPS) is 11.5. The Morgan fingerprint density at radius 2 is 0.364 bits per heavy atom. The van der Waals surface area contributed by atoms with Gasteiger partial charge in [-0.3, -0.25) is 4.79 Å². The zero-order valence-electron chi connectivity index (χ0n) is 31.2. The lowest BCUT2D eigenvalue weighted by Gasteiger charge is -2.05. The van der Waals surface area contributed by atoms with Crippen molar-refractivity contribution in [2.24, 2.45) is 0 Å². The third kappa shape index (κ3) is 39.7. The quantitative estimate of drug-likeness (QED) is 0.0624. The van der Waals surface area contributed by atoms with E-state index in [1.54, 1.807) is 0 Å². The van der Waals surface area contributed by atoms with Crippen molar-refractivity contribution >= 4 is 5.78 Å². The molecule has 0 aliphatic heterocycles. The summed E-state index contributed by atoms with van der Waals surface area (Å²) < 4.78 is 0. The summed E-state index contributed by atoms with van der Waals surface area (Å²) in [7, 11) is 0. The van der Waals surface area contributed by atoms with E-state index < -0.39 is 0 Å². The van der Waals surface area contributed by atoms with Crippen LogP contribution in [-0.4, -0.2) is 5.78 Å². The molecule has 0 aliphatic rings. The van der Waals surface area contributed by atoms with Crippen molar-refractivity contribution in [1.29, 1.82) is 0 Å². The standard InChI is InChI=1S/C43H86O/c1-3-5-7-9-11-13-15-17-18-19-20-21-22-23-24-25-26-27-28-29-30-32-34-36-38-40-42-43(44)41-39-37-35-33-31-16-14-12-10-8-6-4-2/h3-42H2,1-2H3. The minimum absolute atomic E-state index is 0.529. The van der Waals surface area contributed by atoms with Gasteiger partial charge >= 0.3 is 0 Å². The van der Waals surface area contributed by atoms with Crippen molar-refractivity contribution < 1.29 is 4.79 Å². The van der Waals surface area contributed by atoms with Crippen molar-refractivity contribution in [2.45, 2.75) is 271 Å². The lowest BCUT2D eigenvalue weighted by Crippen LogP contribution is -1.97. The van der Waals surface area contributed by atoms with Crippen molar-refractivity contribution in [3.63, 3.8) is 0 Å². The van der Waals surface area contributed by atoms with Crippen LogP contribution in [0.2, 0.25) is 0 Å². The Morgan fingerprint density at radius 3 is 0.523 bits per heavy atom. The van der Waals surface area contributed by atoms with Crippen molar-refractivity contribution in [3.8, 4) is 0 Å². The molecular formula is C43H86O. The zero-order chi connectivity index (χ0) is 31.9. The zero-order valence-corrected chi connectivity index (χ0v) is 31.2. The van der Waals surface area contributed by atoms with Crippen LogP contribution in [0.4, 0.5) is 0 Å². The van der Waals surface area contributed by atoms with Crippen LogP contribution in [0.15, 0.2) is 0 Å². The summed E-state index contributed by atoms with van der Waals surface area (Å²) in [5, 5.41) is 0. The van der Waals surface area contributed by atoms with Crippen LogP contribution in [-0.2, 0) is 4.79 Å². The molecule has 0 bridgehead atoms. The number of rotatable bonds is 40. The summed E-state index contributed by atoms with van der Waals surface area (Å²) in [5.74, 6) is 0.529. The number of unbranched alkanes of at least 4 members (excludes halogenated alkanes) is 36. The van der Waals surface area contributed by atoms with Crippen LogP contribution >= 0.6 is 0 Å². The molecule has 0 aromatic rings. The Morgan fingerprint density at radius 1 is 0.227 bits per heavy atom. The number of hydrogen-bond donors (Lipinski definition) is 0. The maximum absolute atomic E-state index is 12.2. The molecule has 264 valence electrons. The van der Waals surface area contributed by atoms with E-state index >= 15 is 0 Å². The van der Waals surface area contributed by atoms with Crippen LogP contribution < -0.4 is 0 Å². The van der Waals surface area contributed by atoms with E-state index in [9.17, 15) is 4.79 Å². The summed E-state index contributed by atoms with van der Waals surface area (Å²) >= 11 is 0. The molecule has 0 amide bonds. The van der Waals surface area contributed by atoms with E-state index in [0.717, 1.165) is 25.7 Å². The minimum atomic E-state index is 0.529. The van der Waals surface area contributed by atoms with Crippen LogP contribution in [0.25, 0.3) is 0 Å². The molecule has 0 saturated heterocycles. The first-order valence-corrected chi connectivity index (χ1v) is 21.3. The summed E-state index contributed by atoms with van der Waals surface area (Å²) in [6.45, 7) is 4.60. The fourth-order valence-corrected chi connectivity index (χ4v) is 6.93. The third-order valence-electron chi connectivity index (χ3n) is 10.1. The van der Waals surface area contributed by atoms with E-state index in [0.29, 0.717) is 5.78 Å². The molecule has 1 heteroatoms. The van der Waals surface area contributed by atoms with Gasteiger partial charge in [0.05, 0.1) is 0 Å². The Labute approximate surface area is 280 Å². The van der Waals surface area contributed by atoms with Gasteiger partial charge in [0.1, 0.15) is 5.78 Å². The fourth-order valence-electron chi connectivity index (χ4n) is 6.93. The van der Waals surface area contributed by atoms with Gasteiger partial charge < -0.3 is 0 Å². The first kappa shape index (κ1) is 43.7. The minimum Gasteiger partial charge on any atom is -0.300 e. The summed E-state index contributed by atoms with van der Waals surface area (Å²) in [5.41, 5.74) is 0. The molecule has 0 aromatic heterocycles. The number of Topliss-reactive ketones (excluding diaryl/α,β-unsaturated/α-hetero) is 1. The molecule has 0 saturated carbocycles. The molecule has 0 atom stereocenters. The number of carbonyl (C=O) groups excluding carboxylic acids is 1. The highest BCUT2D eigenvalue weighted by Crippen LogP contribution is 2.17. The predicted molar refractivity (Wildman–Crippen MR) is 201 cm³/mol. The number of hydrogen-bond acceptors (Lipinski definition) is 1. The second-order valence-electron chi connectivity index (χ2n) is 14.8. The van der Waals surface area contributed by atoms with Gasteiger partial charge in [0.2, 0.25) is 0 Å². The Balaban J connectivity index is 3.12. The molecule has 0 fully saturated rings. The smallest absolute Gasteiger partial charge is 0.132 e. The van der Waals surface area contributed by atoms with Gasteiger partial charge in [-0.2, -0.15) is 0 Å². The Hall–Kier alpha value is -0.330. The van der Waals surface area contributed by atoms with Crippen molar-refractivity contribution in [2.75, 3.05) is 0 Å². The first-order chi connectivity index (χ1) is 21.8. The maximum Gasteiger partial charge on any atom is 0.132 e. The van der Waals surface area contributed by atoms with E-state index in [1.807, 2.05) is 0 Å². The fraction of sp³-hybridized carbons (Fsp3) is 0.977. The third-order valence-corrected chi connectivity index (χ3v) is 10.1. The Bertz CT molecular complexity index is 511. The Kier molecular flexibility index (Phi) is 40.4. The van der Waals surface area contributed by atoms with Crippen LogP contribution in [0.1, 0.15) is 271 Å². The maximum atomic E-state index is 12.2. The van der Waals surface area contributed by atoms with Gasteiger partial charge in [-0.05, 0) is 12.8 Å². The summed E-state index contributed by atoms with van der Waals surface area (Å²) in [6.07, 6.45) is 55.4. The lowest BCUT2D eigenvalue weighted by molar-refractivity contribution is -0.119. The van der Waals surface area contributed by atoms with Gasteiger partial charge in [0.25, 0.3) is 0 Å². The highest BCUT2D eigenvalue weighted by molar-refractivity contribution is 5.78. The van der Waals surface area contributed by atoms with E-state index in [-0.39, 0.29) is 0 Å². The molecule has 0 spiro atoms. The van der Waals surface area contributed by atoms with Crippen LogP contribution in [0, 0.1) is 0 Å². The average Bonchev–Trinajstić information content (AvgIpc) is 3.03. The summed E-state index contributed by atoms with van der Waals surface area (Å²) in [4.78, 5) is 12.2. The largest absolute Gasteiger partial charge is 0.300 e. The number of ketones is 1. The molecular weight excluding hydrogens is 532 g/mol. The highest BCUT2D eigenvalue weighted by atomic mass is 16.1. The van der Waals surface area contributed by atoms with Crippen LogP contribution in [0.3, 0.4) is 0 Å². The van der Waals surface area contributed by atoms with Gasteiger partial charge in [-0.25, -0.2) is 0 Å². The topological polar surface area (TPSA) is 17.1 Å². The monoisotopic (exact) mass is 619 g/mol. The first-order valence-electron chi connectivity index (χ1n) is 21.3. The van der Waals surface area contributed by atoms with E-state index in [4.69, 9.17) is 0 Å². The highest BCUT2D eigenvalue weighted by Gasteiger charge is 2.02. The molecule has 0 rings (SSSR count). The van der Waals surface area contributed by atoms with Crippen molar-refractivity contribution in [1.82, 2.24) is 0 Å². The average molecular weight is 619 g/mol. The molecule has 44 heavy (non-hydrogen) atoms. The molecule has 0 aromatic carbocycles.